The Labute approximate surface area is 152 Å². The van der Waals surface area contributed by atoms with E-state index in [1.54, 1.807) is 14.2 Å². The minimum absolute atomic E-state index is 0. The molecule has 126 valence electrons. The van der Waals surface area contributed by atoms with E-state index in [4.69, 9.17) is 4.74 Å². The molecule has 1 rings (SSSR count). The number of hydrogen-bond donors (Lipinski definition) is 2. The average Bonchev–Trinajstić information content (AvgIpc) is 2.46. The standard InChI is InChI=1S/C17H29N3O.HI/c1-14-8-6-9-15(12-14)17(2,3)13-20-16(18-4)19-10-7-11-21-5;/h6,8-9,12H,7,10-11,13H2,1-5H3,(H2,18,19,20);1H. The van der Waals surface area contributed by atoms with Gasteiger partial charge in [0.15, 0.2) is 5.96 Å². The van der Waals surface area contributed by atoms with Crippen LogP contribution in [0.15, 0.2) is 29.3 Å². The molecule has 22 heavy (non-hydrogen) atoms. The first-order chi connectivity index (χ1) is 9.99. The van der Waals surface area contributed by atoms with Gasteiger partial charge in [-0.2, -0.15) is 0 Å². The first kappa shape index (κ1) is 21.2. The summed E-state index contributed by atoms with van der Waals surface area (Å²) >= 11 is 0. The zero-order valence-corrected chi connectivity index (χ0v) is 16.7. The van der Waals surface area contributed by atoms with Gasteiger partial charge in [-0.1, -0.05) is 43.7 Å². The summed E-state index contributed by atoms with van der Waals surface area (Å²) in [7, 11) is 3.52. The van der Waals surface area contributed by atoms with Crippen LogP contribution in [-0.4, -0.2) is 39.8 Å². The molecule has 0 heterocycles. The summed E-state index contributed by atoms with van der Waals surface area (Å²) in [5.41, 5.74) is 2.68. The highest BCUT2D eigenvalue weighted by molar-refractivity contribution is 14.0. The first-order valence-electron chi connectivity index (χ1n) is 7.50. The number of guanidine groups is 1. The maximum Gasteiger partial charge on any atom is 0.191 e. The van der Waals surface area contributed by atoms with E-state index in [0.717, 1.165) is 32.1 Å². The van der Waals surface area contributed by atoms with Gasteiger partial charge in [-0.15, -0.1) is 24.0 Å². The molecule has 0 amide bonds. The van der Waals surface area contributed by atoms with Crippen LogP contribution in [-0.2, 0) is 10.2 Å². The van der Waals surface area contributed by atoms with E-state index >= 15 is 0 Å². The Morgan fingerprint density at radius 1 is 1.27 bits per heavy atom. The number of aryl methyl sites for hydroxylation is 1. The Balaban J connectivity index is 0.00000441. The predicted molar refractivity (Wildman–Crippen MR) is 105 cm³/mol. The Morgan fingerprint density at radius 3 is 2.59 bits per heavy atom. The number of rotatable bonds is 7. The number of ether oxygens (including phenoxy) is 1. The van der Waals surface area contributed by atoms with Crippen LogP contribution in [0.3, 0.4) is 0 Å². The molecule has 0 radical (unpaired) electrons. The van der Waals surface area contributed by atoms with Crippen LogP contribution in [0, 0.1) is 6.92 Å². The molecule has 4 nitrogen and oxygen atoms in total. The van der Waals surface area contributed by atoms with Crippen molar-refractivity contribution in [1.82, 2.24) is 10.6 Å². The highest BCUT2D eigenvalue weighted by atomic mass is 127. The van der Waals surface area contributed by atoms with E-state index in [9.17, 15) is 0 Å². The van der Waals surface area contributed by atoms with Gasteiger partial charge in [0, 0.05) is 39.3 Å². The average molecular weight is 419 g/mol. The van der Waals surface area contributed by atoms with Crippen LogP contribution in [0.1, 0.15) is 31.4 Å². The molecular formula is C17H30IN3O. The Bertz CT molecular complexity index is 461. The summed E-state index contributed by atoms with van der Waals surface area (Å²) in [4.78, 5) is 4.25. The number of hydrogen-bond acceptors (Lipinski definition) is 2. The van der Waals surface area contributed by atoms with E-state index in [-0.39, 0.29) is 29.4 Å². The van der Waals surface area contributed by atoms with Crippen molar-refractivity contribution in [2.24, 2.45) is 4.99 Å². The molecule has 0 unspecified atom stereocenters. The highest BCUT2D eigenvalue weighted by Crippen LogP contribution is 2.22. The lowest BCUT2D eigenvalue weighted by atomic mass is 9.84. The maximum atomic E-state index is 5.04. The molecule has 0 aliphatic carbocycles. The van der Waals surface area contributed by atoms with Gasteiger partial charge in [0.1, 0.15) is 0 Å². The lowest BCUT2D eigenvalue weighted by Gasteiger charge is -2.27. The van der Waals surface area contributed by atoms with Crippen molar-refractivity contribution in [3.05, 3.63) is 35.4 Å². The molecule has 1 aromatic rings. The molecule has 0 atom stereocenters. The van der Waals surface area contributed by atoms with E-state index < -0.39 is 0 Å². The first-order valence-corrected chi connectivity index (χ1v) is 7.50. The van der Waals surface area contributed by atoms with Crippen molar-refractivity contribution in [2.45, 2.75) is 32.6 Å². The highest BCUT2D eigenvalue weighted by Gasteiger charge is 2.20. The molecule has 1 aromatic carbocycles. The molecule has 0 spiro atoms. The minimum Gasteiger partial charge on any atom is -0.385 e. The molecule has 0 aliphatic heterocycles. The zero-order valence-electron chi connectivity index (χ0n) is 14.4. The van der Waals surface area contributed by atoms with E-state index in [1.807, 2.05) is 0 Å². The van der Waals surface area contributed by atoms with Gasteiger partial charge in [0.2, 0.25) is 0 Å². The second-order valence-corrected chi connectivity index (χ2v) is 5.95. The van der Waals surface area contributed by atoms with Crippen LogP contribution in [0.4, 0.5) is 0 Å². The van der Waals surface area contributed by atoms with Crippen molar-refractivity contribution >= 4 is 29.9 Å². The molecule has 0 aromatic heterocycles. The number of halogens is 1. The third-order valence-electron chi connectivity index (χ3n) is 3.54. The minimum atomic E-state index is 0. The fourth-order valence-electron chi connectivity index (χ4n) is 2.12. The summed E-state index contributed by atoms with van der Waals surface area (Å²) in [5, 5.41) is 6.70. The smallest absolute Gasteiger partial charge is 0.191 e. The summed E-state index contributed by atoms with van der Waals surface area (Å²) in [6.45, 7) is 9.07. The molecule has 0 bridgehead atoms. The SMILES string of the molecule is CN=C(NCCCOC)NCC(C)(C)c1cccc(C)c1.I. The molecule has 0 aliphatic rings. The lowest BCUT2D eigenvalue weighted by molar-refractivity contribution is 0.195. The number of nitrogens with zero attached hydrogens (tertiary/aromatic N) is 1. The molecule has 2 N–H and O–H groups in total. The molecule has 5 heteroatoms. The number of benzene rings is 1. The van der Waals surface area contributed by atoms with Crippen molar-refractivity contribution in [1.29, 1.82) is 0 Å². The number of aliphatic imine (C=N–C) groups is 1. The largest absolute Gasteiger partial charge is 0.385 e. The van der Waals surface area contributed by atoms with Crippen LogP contribution in [0.5, 0.6) is 0 Å². The molecule has 0 saturated carbocycles. The zero-order chi connectivity index (χ0) is 15.7. The van der Waals surface area contributed by atoms with E-state index in [1.165, 1.54) is 11.1 Å². The van der Waals surface area contributed by atoms with Crippen LogP contribution in [0.25, 0.3) is 0 Å². The van der Waals surface area contributed by atoms with E-state index in [0.29, 0.717) is 0 Å². The summed E-state index contributed by atoms with van der Waals surface area (Å²) in [6.07, 6.45) is 0.971. The third kappa shape index (κ3) is 7.45. The second kappa shape index (κ2) is 10.8. The van der Waals surface area contributed by atoms with Gasteiger partial charge in [-0.3, -0.25) is 4.99 Å². The van der Waals surface area contributed by atoms with Crippen molar-refractivity contribution in [2.75, 3.05) is 33.9 Å². The van der Waals surface area contributed by atoms with Gasteiger partial charge in [-0.05, 0) is 18.9 Å². The van der Waals surface area contributed by atoms with Gasteiger partial charge in [-0.25, -0.2) is 0 Å². The van der Waals surface area contributed by atoms with Gasteiger partial charge in [0.05, 0.1) is 0 Å². The van der Waals surface area contributed by atoms with Gasteiger partial charge < -0.3 is 15.4 Å². The van der Waals surface area contributed by atoms with Crippen LogP contribution < -0.4 is 10.6 Å². The van der Waals surface area contributed by atoms with Gasteiger partial charge in [0.25, 0.3) is 0 Å². The molecule has 0 fully saturated rings. The molecular weight excluding hydrogens is 389 g/mol. The molecule has 0 saturated heterocycles. The fraction of sp³-hybridized carbons (Fsp3) is 0.588. The van der Waals surface area contributed by atoms with Gasteiger partial charge >= 0.3 is 0 Å². The quantitative estimate of drug-likeness (QED) is 0.309. The predicted octanol–water partition coefficient (Wildman–Crippen LogP) is 3.09. The monoisotopic (exact) mass is 419 g/mol. The van der Waals surface area contributed by atoms with Crippen LogP contribution in [0.2, 0.25) is 0 Å². The van der Waals surface area contributed by atoms with Crippen molar-refractivity contribution in [3.8, 4) is 0 Å². The number of nitrogens with one attached hydrogen (secondary N) is 2. The van der Waals surface area contributed by atoms with E-state index in [2.05, 4.69) is 60.7 Å². The Hall–Kier alpha value is -0.820. The Kier molecular flexibility index (Phi) is 10.4. The Morgan fingerprint density at radius 2 is 2.00 bits per heavy atom. The van der Waals surface area contributed by atoms with Crippen LogP contribution >= 0.6 is 24.0 Å². The summed E-state index contributed by atoms with van der Waals surface area (Å²) < 4.78 is 5.04. The second-order valence-electron chi connectivity index (χ2n) is 5.95. The van der Waals surface area contributed by atoms with Crippen molar-refractivity contribution in [3.63, 3.8) is 0 Å². The summed E-state index contributed by atoms with van der Waals surface area (Å²) in [5.74, 6) is 0.840. The summed E-state index contributed by atoms with van der Waals surface area (Å²) in [6, 6.07) is 8.67. The number of methoxy groups -OCH3 is 1. The fourth-order valence-corrected chi connectivity index (χ4v) is 2.12. The normalized spacial score (nSPS) is 11.8. The van der Waals surface area contributed by atoms with Crippen molar-refractivity contribution < 1.29 is 4.74 Å². The third-order valence-corrected chi connectivity index (χ3v) is 3.54. The maximum absolute atomic E-state index is 5.04. The lowest BCUT2D eigenvalue weighted by Crippen LogP contribution is -2.43. The topological polar surface area (TPSA) is 45.7 Å².